The molecule has 1 aromatic carbocycles. The molecule has 0 atom stereocenters. The van der Waals surface area contributed by atoms with Crippen molar-refractivity contribution in [2.24, 2.45) is 5.92 Å². The van der Waals surface area contributed by atoms with E-state index in [1.54, 1.807) is 12.4 Å². The minimum Gasteiger partial charge on any atom is -0.368 e. The van der Waals surface area contributed by atoms with Crippen molar-refractivity contribution in [3.05, 3.63) is 66.6 Å². The van der Waals surface area contributed by atoms with Gasteiger partial charge in [0.2, 0.25) is 0 Å². The summed E-state index contributed by atoms with van der Waals surface area (Å²) in [7, 11) is -3.17. The lowest BCUT2D eigenvalue weighted by Gasteiger charge is -2.22. The number of hydrogen-bond donors (Lipinski definition) is 1. The van der Waals surface area contributed by atoms with Crippen molar-refractivity contribution < 1.29 is 8.42 Å². The van der Waals surface area contributed by atoms with Crippen LogP contribution in [0.3, 0.4) is 0 Å². The van der Waals surface area contributed by atoms with Crippen molar-refractivity contribution in [2.75, 3.05) is 18.1 Å². The van der Waals surface area contributed by atoms with Crippen LogP contribution >= 0.6 is 0 Å². The number of fused-ring (bicyclic) bond motifs is 1. The minimum absolute atomic E-state index is 0.0649. The average molecular weight is 476 g/mol. The second-order valence-corrected chi connectivity index (χ2v) is 11.3. The van der Waals surface area contributed by atoms with Gasteiger partial charge in [-0.05, 0) is 42.0 Å². The Morgan fingerprint density at radius 2 is 1.82 bits per heavy atom. The first kappa shape index (κ1) is 22.5. The van der Waals surface area contributed by atoms with E-state index in [9.17, 15) is 8.42 Å². The molecule has 5 rings (SSSR count). The Balaban J connectivity index is 1.57. The van der Waals surface area contributed by atoms with Crippen LogP contribution in [0.2, 0.25) is 0 Å². The van der Waals surface area contributed by atoms with E-state index in [1.165, 1.54) is 38.4 Å². The number of anilines is 1. The van der Waals surface area contributed by atoms with E-state index in [1.807, 2.05) is 35.0 Å². The van der Waals surface area contributed by atoms with Gasteiger partial charge in [0, 0.05) is 42.5 Å². The van der Waals surface area contributed by atoms with Gasteiger partial charge < -0.3 is 5.32 Å². The van der Waals surface area contributed by atoms with Gasteiger partial charge >= 0.3 is 0 Å². The van der Waals surface area contributed by atoms with Gasteiger partial charge in [0.25, 0.3) is 0 Å². The van der Waals surface area contributed by atoms with Crippen LogP contribution in [0, 0.1) is 5.92 Å². The molecule has 3 aromatic heterocycles. The van der Waals surface area contributed by atoms with Gasteiger partial charge in [-0.25, -0.2) is 17.9 Å². The van der Waals surface area contributed by atoms with Gasteiger partial charge in [-0.3, -0.25) is 4.98 Å². The zero-order valence-electron chi connectivity index (χ0n) is 19.3. The standard InChI is InChI=1S/C26H29N5O2S/c1-34(32,33)18-20-14-22(17-27-15-20)25-29-26(28-16-19-8-4-2-5-9-19)24-23(12-13-31(24)30-25)21-10-6-3-7-11-21/h3,6-7,10-15,17,19H,2,4-5,8-9,16,18H2,1H3,(H,28,29,30). The normalized spacial score (nSPS) is 15.0. The third-order valence-corrected chi connectivity index (χ3v) is 7.22. The molecule has 1 N–H and O–H groups in total. The molecule has 0 amide bonds. The topological polar surface area (TPSA) is 89.2 Å². The van der Waals surface area contributed by atoms with E-state index < -0.39 is 9.84 Å². The van der Waals surface area contributed by atoms with Gasteiger partial charge in [-0.2, -0.15) is 0 Å². The van der Waals surface area contributed by atoms with E-state index in [2.05, 4.69) is 28.5 Å². The van der Waals surface area contributed by atoms with E-state index in [4.69, 9.17) is 10.1 Å². The van der Waals surface area contributed by atoms with Gasteiger partial charge in [0.15, 0.2) is 21.5 Å². The maximum Gasteiger partial charge on any atom is 0.183 e. The highest BCUT2D eigenvalue weighted by Crippen LogP contribution is 2.32. The van der Waals surface area contributed by atoms with Crippen LogP contribution < -0.4 is 5.32 Å². The first-order chi connectivity index (χ1) is 16.5. The second-order valence-electron chi connectivity index (χ2n) is 9.21. The molecule has 1 aliphatic rings. The first-order valence-corrected chi connectivity index (χ1v) is 13.8. The summed E-state index contributed by atoms with van der Waals surface area (Å²) in [6.07, 6.45) is 12.8. The highest BCUT2D eigenvalue weighted by Gasteiger charge is 2.18. The first-order valence-electron chi connectivity index (χ1n) is 11.8. The SMILES string of the molecule is CS(=O)(=O)Cc1cncc(-c2nc(NCC3CCCCC3)c3c(-c4ccccc4)ccn3n2)c1. The van der Waals surface area contributed by atoms with Gasteiger partial charge in [0.1, 0.15) is 5.52 Å². The number of hydrogen-bond acceptors (Lipinski definition) is 6. The number of aromatic nitrogens is 4. The van der Waals surface area contributed by atoms with Crippen LogP contribution in [-0.2, 0) is 15.6 Å². The van der Waals surface area contributed by atoms with E-state index >= 15 is 0 Å². The van der Waals surface area contributed by atoms with Gasteiger partial charge in [-0.1, -0.05) is 49.6 Å². The van der Waals surface area contributed by atoms with Crippen molar-refractivity contribution in [2.45, 2.75) is 37.9 Å². The number of nitrogens with one attached hydrogen (secondary N) is 1. The molecule has 1 saturated carbocycles. The van der Waals surface area contributed by atoms with E-state index in [-0.39, 0.29) is 5.75 Å². The summed E-state index contributed by atoms with van der Waals surface area (Å²) in [6.45, 7) is 0.873. The lowest BCUT2D eigenvalue weighted by Crippen LogP contribution is -2.18. The summed E-state index contributed by atoms with van der Waals surface area (Å²) in [5, 5.41) is 8.39. The highest BCUT2D eigenvalue weighted by molar-refractivity contribution is 7.89. The van der Waals surface area contributed by atoms with Crippen LogP contribution in [0.1, 0.15) is 37.7 Å². The fraction of sp³-hybridized carbons (Fsp3) is 0.346. The van der Waals surface area contributed by atoms with Crippen molar-refractivity contribution in [1.29, 1.82) is 0 Å². The maximum absolute atomic E-state index is 11.8. The predicted molar refractivity (Wildman–Crippen MR) is 135 cm³/mol. The van der Waals surface area contributed by atoms with Crippen molar-refractivity contribution >= 4 is 21.2 Å². The van der Waals surface area contributed by atoms with Gasteiger partial charge in [-0.15, -0.1) is 5.10 Å². The van der Waals surface area contributed by atoms with Crippen LogP contribution in [0.25, 0.3) is 28.0 Å². The van der Waals surface area contributed by atoms with Crippen LogP contribution in [-0.4, -0.2) is 40.8 Å². The number of pyridine rings is 1. The minimum atomic E-state index is -3.17. The lowest BCUT2D eigenvalue weighted by molar-refractivity contribution is 0.373. The molecule has 34 heavy (non-hydrogen) atoms. The monoisotopic (exact) mass is 475 g/mol. The zero-order chi connectivity index (χ0) is 23.5. The molecular formula is C26H29N5O2S. The van der Waals surface area contributed by atoms with E-state index in [0.29, 0.717) is 22.9 Å². The molecule has 1 aliphatic carbocycles. The van der Waals surface area contributed by atoms with Crippen molar-refractivity contribution in [3.63, 3.8) is 0 Å². The summed E-state index contributed by atoms with van der Waals surface area (Å²) in [6, 6.07) is 14.1. The predicted octanol–water partition coefficient (Wildman–Crippen LogP) is 5.00. The molecule has 1 fully saturated rings. The maximum atomic E-state index is 11.8. The third kappa shape index (κ3) is 5.12. The molecule has 0 spiro atoms. The molecule has 3 heterocycles. The number of nitrogens with zero attached hydrogens (tertiary/aromatic N) is 4. The molecule has 4 aromatic rings. The third-order valence-electron chi connectivity index (χ3n) is 6.36. The fourth-order valence-electron chi connectivity index (χ4n) is 4.74. The average Bonchev–Trinajstić information content (AvgIpc) is 3.27. The Hall–Kier alpha value is -3.26. The Morgan fingerprint density at radius 1 is 1.03 bits per heavy atom. The summed E-state index contributed by atoms with van der Waals surface area (Å²) < 4.78 is 25.4. The smallest absolute Gasteiger partial charge is 0.183 e. The Bertz CT molecular complexity index is 1390. The number of rotatable bonds is 7. The molecule has 0 bridgehead atoms. The van der Waals surface area contributed by atoms with Crippen LogP contribution in [0.5, 0.6) is 0 Å². The second kappa shape index (κ2) is 9.54. The molecule has 8 heteroatoms. The number of benzene rings is 1. The van der Waals surface area contributed by atoms with Crippen LogP contribution in [0.4, 0.5) is 5.82 Å². The molecule has 0 aliphatic heterocycles. The number of sulfone groups is 1. The molecule has 0 unspecified atom stereocenters. The molecule has 0 saturated heterocycles. The molecule has 0 radical (unpaired) electrons. The van der Waals surface area contributed by atoms with Crippen LogP contribution in [0.15, 0.2) is 61.1 Å². The fourth-order valence-corrected chi connectivity index (χ4v) is 5.51. The zero-order valence-corrected chi connectivity index (χ0v) is 20.1. The summed E-state index contributed by atoms with van der Waals surface area (Å²) in [5.41, 5.74) is 4.43. The summed E-state index contributed by atoms with van der Waals surface area (Å²) >= 11 is 0. The van der Waals surface area contributed by atoms with E-state index in [0.717, 1.165) is 29.0 Å². The van der Waals surface area contributed by atoms with Gasteiger partial charge in [0.05, 0.1) is 5.75 Å². The molecular weight excluding hydrogens is 446 g/mol. The quantitative estimate of drug-likeness (QED) is 0.405. The summed E-state index contributed by atoms with van der Waals surface area (Å²) in [5.74, 6) is 1.87. The Kier molecular flexibility index (Phi) is 6.32. The largest absolute Gasteiger partial charge is 0.368 e. The highest BCUT2D eigenvalue weighted by atomic mass is 32.2. The Morgan fingerprint density at radius 3 is 2.59 bits per heavy atom. The summed E-state index contributed by atoms with van der Waals surface area (Å²) in [4.78, 5) is 9.17. The Labute approximate surface area is 200 Å². The molecule has 176 valence electrons. The molecule has 7 nitrogen and oxygen atoms in total. The lowest BCUT2D eigenvalue weighted by atomic mass is 9.89. The van der Waals surface area contributed by atoms with Crippen molar-refractivity contribution in [1.82, 2.24) is 19.6 Å². The van der Waals surface area contributed by atoms with Crippen molar-refractivity contribution in [3.8, 4) is 22.5 Å².